The molecule has 176 valence electrons. The molecule has 2 N–H and O–H groups in total. The van der Waals surface area contributed by atoms with E-state index in [1.807, 2.05) is 42.5 Å². The van der Waals surface area contributed by atoms with Gasteiger partial charge in [0.05, 0.1) is 0 Å². The van der Waals surface area contributed by atoms with E-state index in [0.29, 0.717) is 18.7 Å². The predicted molar refractivity (Wildman–Crippen MR) is 128 cm³/mol. The van der Waals surface area contributed by atoms with Crippen LogP contribution in [0.4, 0.5) is 0 Å². The van der Waals surface area contributed by atoms with Crippen LogP contribution in [-0.2, 0) is 19.1 Å². The normalized spacial score (nSPS) is 10.4. The topological polar surface area (TPSA) is 93.7 Å². The molecule has 3 aromatic rings. The van der Waals surface area contributed by atoms with Crippen molar-refractivity contribution in [2.45, 2.75) is 12.3 Å². The molecule has 0 atom stereocenters. The van der Waals surface area contributed by atoms with Gasteiger partial charge < -0.3 is 20.1 Å². The van der Waals surface area contributed by atoms with Crippen LogP contribution < -0.4 is 15.4 Å². The number of hydrogen-bond acceptors (Lipinski definition) is 5. The number of carbonyl (C=O) groups excluding carboxylic acids is 3. The molecule has 0 saturated heterocycles. The highest BCUT2D eigenvalue weighted by atomic mass is 16.5. The third-order valence-electron chi connectivity index (χ3n) is 5.07. The summed E-state index contributed by atoms with van der Waals surface area (Å²) in [4.78, 5) is 35.7. The standard InChI is InChI=1S/C27H28N2O5/c30-25(20-34-27(32)18-29-26(31)19-33-23-14-8-3-9-15-23)28-17-16-24(21-10-4-1-5-11-21)22-12-6-2-7-13-22/h1-15,24H,16-20H2,(H,28,30)(H,29,31). The smallest absolute Gasteiger partial charge is 0.325 e. The minimum Gasteiger partial charge on any atom is -0.484 e. The van der Waals surface area contributed by atoms with Crippen molar-refractivity contribution >= 4 is 17.8 Å². The lowest BCUT2D eigenvalue weighted by molar-refractivity contribution is -0.148. The van der Waals surface area contributed by atoms with Gasteiger partial charge in [-0.1, -0.05) is 78.9 Å². The average Bonchev–Trinajstić information content (AvgIpc) is 2.89. The molecule has 0 spiro atoms. The van der Waals surface area contributed by atoms with Crippen LogP contribution in [0, 0.1) is 0 Å². The molecule has 7 heteroatoms. The summed E-state index contributed by atoms with van der Waals surface area (Å²) < 4.78 is 10.2. The monoisotopic (exact) mass is 460 g/mol. The quantitative estimate of drug-likeness (QED) is 0.405. The Balaban J connectivity index is 1.34. The number of amides is 2. The molecule has 0 bridgehead atoms. The second-order valence-electron chi connectivity index (χ2n) is 7.55. The fourth-order valence-electron chi connectivity index (χ4n) is 3.39. The average molecular weight is 461 g/mol. The maximum absolute atomic E-state index is 12.1. The summed E-state index contributed by atoms with van der Waals surface area (Å²) in [6.45, 7) is -0.537. The van der Waals surface area contributed by atoms with E-state index in [4.69, 9.17) is 9.47 Å². The van der Waals surface area contributed by atoms with Gasteiger partial charge in [-0.2, -0.15) is 0 Å². The van der Waals surface area contributed by atoms with Crippen LogP contribution in [-0.4, -0.2) is 44.1 Å². The fourth-order valence-corrected chi connectivity index (χ4v) is 3.39. The Morgan fingerprint density at radius 1 is 0.676 bits per heavy atom. The highest BCUT2D eigenvalue weighted by Gasteiger charge is 2.15. The Morgan fingerprint density at radius 3 is 1.79 bits per heavy atom. The first kappa shape index (κ1) is 24.5. The van der Waals surface area contributed by atoms with E-state index in [0.717, 1.165) is 0 Å². The summed E-state index contributed by atoms with van der Waals surface area (Å²) in [6.07, 6.45) is 0.700. The van der Waals surface area contributed by atoms with Gasteiger partial charge in [0.25, 0.3) is 11.8 Å². The molecular formula is C27H28N2O5. The van der Waals surface area contributed by atoms with Crippen LogP contribution in [0.3, 0.4) is 0 Å². The van der Waals surface area contributed by atoms with E-state index in [9.17, 15) is 14.4 Å². The van der Waals surface area contributed by atoms with Crippen LogP contribution in [0.5, 0.6) is 5.75 Å². The molecule has 0 heterocycles. The molecule has 0 aliphatic carbocycles. The van der Waals surface area contributed by atoms with Gasteiger partial charge in [0.15, 0.2) is 13.2 Å². The molecule has 7 nitrogen and oxygen atoms in total. The van der Waals surface area contributed by atoms with Crippen LogP contribution >= 0.6 is 0 Å². The second kappa shape index (κ2) is 13.4. The Labute approximate surface area is 199 Å². The maximum Gasteiger partial charge on any atom is 0.325 e. The molecule has 0 aromatic heterocycles. The zero-order valence-electron chi connectivity index (χ0n) is 18.8. The SMILES string of the molecule is O=C(COC(=O)CNC(=O)COc1ccccc1)NCCC(c1ccccc1)c1ccccc1. The summed E-state index contributed by atoms with van der Waals surface area (Å²) in [5.41, 5.74) is 2.34. The molecule has 2 amide bonds. The molecular weight excluding hydrogens is 432 g/mol. The Hall–Kier alpha value is -4.13. The predicted octanol–water partition coefficient (Wildman–Crippen LogP) is 3.06. The summed E-state index contributed by atoms with van der Waals surface area (Å²) >= 11 is 0. The van der Waals surface area contributed by atoms with Crippen molar-refractivity contribution in [1.29, 1.82) is 0 Å². The van der Waals surface area contributed by atoms with Crippen molar-refractivity contribution < 1.29 is 23.9 Å². The minimum absolute atomic E-state index is 0.138. The van der Waals surface area contributed by atoms with E-state index in [-0.39, 0.29) is 19.1 Å². The van der Waals surface area contributed by atoms with E-state index in [2.05, 4.69) is 34.9 Å². The van der Waals surface area contributed by atoms with Crippen molar-refractivity contribution in [2.75, 3.05) is 26.3 Å². The Bertz CT molecular complexity index is 1000. The van der Waals surface area contributed by atoms with Crippen molar-refractivity contribution in [2.24, 2.45) is 0 Å². The summed E-state index contributed by atoms with van der Waals surface area (Å²) in [5.74, 6) is -0.864. The zero-order valence-corrected chi connectivity index (χ0v) is 18.8. The maximum atomic E-state index is 12.1. The minimum atomic E-state index is -0.699. The second-order valence-corrected chi connectivity index (χ2v) is 7.55. The number of carbonyl (C=O) groups is 3. The molecule has 0 aliphatic rings. The summed E-state index contributed by atoms with van der Waals surface area (Å²) in [5, 5.41) is 5.19. The fraction of sp³-hybridized carbons (Fsp3) is 0.222. The number of hydrogen-bond donors (Lipinski definition) is 2. The molecule has 0 radical (unpaired) electrons. The van der Waals surface area contributed by atoms with Gasteiger partial charge in [0.1, 0.15) is 12.3 Å². The first-order chi connectivity index (χ1) is 16.6. The molecule has 0 saturated carbocycles. The summed E-state index contributed by atoms with van der Waals surface area (Å²) in [6, 6.07) is 29.1. The lowest BCUT2D eigenvalue weighted by Crippen LogP contribution is -2.36. The van der Waals surface area contributed by atoms with Crippen LogP contribution in [0.1, 0.15) is 23.5 Å². The van der Waals surface area contributed by atoms with Gasteiger partial charge in [0.2, 0.25) is 0 Å². The number of ether oxygens (including phenoxy) is 2. The van der Waals surface area contributed by atoms with E-state index >= 15 is 0 Å². The van der Waals surface area contributed by atoms with Crippen molar-refractivity contribution in [1.82, 2.24) is 10.6 Å². The first-order valence-electron chi connectivity index (χ1n) is 11.1. The zero-order chi connectivity index (χ0) is 24.0. The Kier molecular flexibility index (Phi) is 9.68. The summed E-state index contributed by atoms with van der Waals surface area (Å²) in [7, 11) is 0. The lowest BCUT2D eigenvalue weighted by atomic mass is 9.88. The molecule has 0 aliphatic heterocycles. The third kappa shape index (κ3) is 8.43. The molecule has 34 heavy (non-hydrogen) atoms. The van der Waals surface area contributed by atoms with Crippen molar-refractivity contribution in [3.05, 3.63) is 102 Å². The van der Waals surface area contributed by atoms with Gasteiger partial charge in [-0.05, 0) is 29.7 Å². The third-order valence-corrected chi connectivity index (χ3v) is 5.07. The molecule has 3 rings (SSSR count). The van der Waals surface area contributed by atoms with Crippen LogP contribution in [0.25, 0.3) is 0 Å². The largest absolute Gasteiger partial charge is 0.484 e. The highest BCUT2D eigenvalue weighted by molar-refractivity contribution is 5.84. The molecule has 3 aromatic carbocycles. The Morgan fingerprint density at radius 2 is 1.21 bits per heavy atom. The number of rotatable bonds is 12. The van der Waals surface area contributed by atoms with Gasteiger partial charge in [-0.15, -0.1) is 0 Å². The van der Waals surface area contributed by atoms with E-state index in [1.54, 1.807) is 24.3 Å². The molecule has 0 fully saturated rings. The van der Waals surface area contributed by atoms with Gasteiger partial charge in [0, 0.05) is 12.5 Å². The highest BCUT2D eigenvalue weighted by Crippen LogP contribution is 2.27. The van der Waals surface area contributed by atoms with Gasteiger partial charge >= 0.3 is 5.97 Å². The number of benzene rings is 3. The van der Waals surface area contributed by atoms with Crippen molar-refractivity contribution in [3.8, 4) is 5.75 Å². The number of para-hydroxylation sites is 1. The van der Waals surface area contributed by atoms with Crippen molar-refractivity contribution in [3.63, 3.8) is 0 Å². The van der Waals surface area contributed by atoms with Crippen LogP contribution in [0.15, 0.2) is 91.0 Å². The van der Waals surface area contributed by atoms with Gasteiger partial charge in [-0.25, -0.2) is 0 Å². The van der Waals surface area contributed by atoms with Crippen LogP contribution in [0.2, 0.25) is 0 Å². The number of esters is 1. The lowest BCUT2D eigenvalue weighted by Gasteiger charge is -2.18. The first-order valence-corrected chi connectivity index (χ1v) is 11.1. The van der Waals surface area contributed by atoms with E-state index < -0.39 is 24.4 Å². The molecule has 0 unspecified atom stereocenters. The van der Waals surface area contributed by atoms with Gasteiger partial charge in [-0.3, -0.25) is 14.4 Å². The van der Waals surface area contributed by atoms with E-state index in [1.165, 1.54) is 11.1 Å². The number of nitrogens with one attached hydrogen (secondary N) is 2.